The molecule has 0 aliphatic rings. The van der Waals surface area contributed by atoms with Gasteiger partial charge in [-0.25, -0.2) is 0 Å². The second kappa shape index (κ2) is 6.51. The molecule has 4 heteroatoms. The molecule has 0 amide bonds. The van der Waals surface area contributed by atoms with Crippen LogP contribution in [0.3, 0.4) is 0 Å². The molecule has 0 aliphatic carbocycles. The van der Waals surface area contributed by atoms with Crippen LogP contribution in [0.4, 0.5) is 0 Å². The van der Waals surface area contributed by atoms with Crippen LogP contribution >= 0.6 is 11.6 Å². The van der Waals surface area contributed by atoms with Crippen LogP contribution in [-0.4, -0.2) is 12.0 Å². The van der Waals surface area contributed by atoms with E-state index < -0.39 is 0 Å². The van der Waals surface area contributed by atoms with Gasteiger partial charge in [0.25, 0.3) is 0 Å². The Bertz CT molecular complexity index is 335. The van der Waals surface area contributed by atoms with Gasteiger partial charge in [-0.3, -0.25) is 4.79 Å². The van der Waals surface area contributed by atoms with Gasteiger partial charge in [-0.15, -0.1) is 0 Å². The van der Waals surface area contributed by atoms with Gasteiger partial charge < -0.3 is 10.5 Å². The van der Waals surface area contributed by atoms with Gasteiger partial charge in [0.2, 0.25) is 0 Å². The largest absolute Gasteiger partial charge is 0.461 e. The van der Waals surface area contributed by atoms with Crippen LogP contribution in [0.1, 0.15) is 25.3 Å². The van der Waals surface area contributed by atoms with E-state index in [1.807, 2.05) is 19.1 Å². The molecular formula is C12H16ClNO2. The zero-order chi connectivity index (χ0) is 12.0. The summed E-state index contributed by atoms with van der Waals surface area (Å²) >= 11 is 5.74. The number of rotatable bonds is 5. The Morgan fingerprint density at radius 1 is 1.44 bits per heavy atom. The lowest BCUT2D eigenvalue weighted by Crippen LogP contribution is -2.17. The fraction of sp³-hybridized carbons (Fsp3) is 0.417. The number of esters is 1. The third kappa shape index (κ3) is 5.14. The van der Waals surface area contributed by atoms with E-state index in [-0.39, 0.29) is 18.6 Å². The molecule has 2 N–H and O–H groups in total. The highest BCUT2D eigenvalue weighted by molar-refractivity contribution is 6.30. The lowest BCUT2D eigenvalue weighted by molar-refractivity contribution is -0.145. The number of halogens is 1. The van der Waals surface area contributed by atoms with E-state index in [4.69, 9.17) is 22.1 Å². The van der Waals surface area contributed by atoms with Crippen LogP contribution in [0.15, 0.2) is 24.3 Å². The molecule has 1 aromatic carbocycles. The Morgan fingerprint density at radius 2 is 2.06 bits per heavy atom. The molecule has 0 saturated heterocycles. The summed E-state index contributed by atoms with van der Waals surface area (Å²) in [7, 11) is 0. The number of carbonyl (C=O) groups is 1. The van der Waals surface area contributed by atoms with Crippen LogP contribution in [0.25, 0.3) is 0 Å². The molecule has 0 bridgehead atoms. The molecule has 0 radical (unpaired) electrons. The highest BCUT2D eigenvalue weighted by Crippen LogP contribution is 2.10. The molecule has 0 saturated carbocycles. The first-order valence-electron chi connectivity index (χ1n) is 5.23. The molecule has 0 heterocycles. The predicted octanol–water partition coefficient (Wildman–Crippen LogP) is 2.51. The van der Waals surface area contributed by atoms with E-state index in [1.165, 1.54) is 0 Å². The van der Waals surface area contributed by atoms with E-state index in [2.05, 4.69) is 0 Å². The molecule has 1 aromatic rings. The first-order valence-corrected chi connectivity index (χ1v) is 5.61. The summed E-state index contributed by atoms with van der Waals surface area (Å²) in [6.07, 6.45) is 1.02. The molecular weight excluding hydrogens is 226 g/mol. The molecule has 0 spiro atoms. The Balaban J connectivity index is 2.29. The van der Waals surface area contributed by atoms with Crippen LogP contribution in [0, 0.1) is 0 Å². The summed E-state index contributed by atoms with van der Waals surface area (Å²) in [4.78, 5) is 11.3. The van der Waals surface area contributed by atoms with Crippen molar-refractivity contribution >= 4 is 17.6 Å². The fourth-order valence-electron chi connectivity index (χ4n) is 1.16. The van der Waals surface area contributed by atoms with Crippen LogP contribution in [0.5, 0.6) is 0 Å². The third-order valence-electron chi connectivity index (χ3n) is 2.12. The highest BCUT2D eigenvalue weighted by atomic mass is 35.5. The van der Waals surface area contributed by atoms with Crippen molar-refractivity contribution in [2.45, 2.75) is 32.4 Å². The molecule has 0 aliphatic heterocycles. The highest BCUT2D eigenvalue weighted by Gasteiger charge is 2.05. The van der Waals surface area contributed by atoms with E-state index in [9.17, 15) is 4.79 Å². The zero-order valence-corrected chi connectivity index (χ0v) is 10.0. The summed E-state index contributed by atoms with van der Waals surface area (Å²) < 4.78 is 5.08. The van der Waals surface area contributed by atoms with Crippen LogP contribution in [0.2, 0.25) is 5.02 Å². The van der Waals surface area contributed by atoms with Gasteiger partial charge in [0.15, 0.2) is 0 Å². The van der Waals surface area contributed by atoms with E-state index in [0.717, 1.165) is 5.56 Å². The maximum absolute atomic E-state index is 11.3. The Labute approximate surface area is 101 Å². The molecule has 1 rings (SSSR count). The monoisotopic (exact) mass is 241 g/mol. The smallest absolute Gasteiger partial charge is 0.306 e. The van der Waals surface area contributed by atoms with Gasteiger partial charge in [0, 0.05) is 17.5 Å². The zero-order valence-electron chi connectivity index (χ0n) is 9.28. The molecule has 16 heavy (non-hydrogen) atoms. The van der Waals surface area contributed by atoms with Crippen molar-refractivity contribution in [3.63, 3.8) is 0 Å². The summed E-state index contributed by atoms with van der Waals surface area (Å²) in [5, 5.41) is 0.673. The topological polar surface area (TPSA) is 52.3 Å². The van der Waals surface area contributed by atoms with E-state index in [0.29, 0.717) is 17.9 Å². The first-order chi connectivity index (χ1) is 7.58. The Hall–Kier alpha value is -1.06. The molecule has 3 nitrogen and oxygen atoms in total. The first kappa shape index (κ1) is 13.0. The second-order valence-electron chi connectivity index (χ2n) is 3.80. The Morgan fingerprint density at radius 3 is 2.62 bits per heavy atom. The summed E-state index contributed by atoms with van der Waals surface area (Å²) in [6.45, 7) is 2.15. The van der Waals surface area contributed by atoms with Crippen LogP contribution in [-0.2, 0) is 16.1 Å². The van der Waals surface area contributed by atoms with Crippen LogP contribution < -0.4 is 5.73 Å². The summed E-state index contributed by atoms with van der Waals surface area (Å²) in [5.41, 5.74) is 6.47. The number of carbonyl (C=O) groups excluding carboxylic acids is 1. The minimum absolute atomic E-state index is 0.0306. The van der Waals surface area contributed by atoms with E-state index >= 15 is 0 Å². The maximum Gasteiger partial charge on any atom is 0.306 e. The number of ether oxygens (including phenoxy) is 1. The van der Waals surface area contributed by atoms with Gasteiger partial charge >= 0.3 is 5.97 Å². The van der Waals surface area contributed by atoms with Crippen molar-refractivity contribution in [1.29, 1.82) is 0 Å². The van der Waals surface area contributed by atoms with Gasteiger partial charge in [0.05, 0.1) is 0 Å². The van der Waals surface area contributed by atoms with Gasteiger partial charge in [-0.05, 0) is 31.0 Å². The van der Waals surface area contributed by atoms with Gasteiger partial charge in [-0.1, -0.05) is 23.7 Å². The minimum atomic E-state index is -0.216. The predicted molar refractivity (Wildman–Crippen MR) is 64.1 cm³/mol. The number of hydrogen-bond donors (Lipinski definition) is 1. The van der Waals surface area contributed by atoms with E-state index in [1.54, 1.807) is 12.1 Å². The summed E-state index contributed by atoms with van der Waals surface area (Å²) in [5.74, 6) is -0.216. The molecule has 0 aromatic heterocycles. The lowest BCUT2D eigenvalue weighted by Gasteiger charge is -2.06. The normalized spacial score (nSPS) is 12.2. The van der Waals surface area contributed by atoms with Crippen molar-refractivity contribution in [3.05, 3.63) is 34.9 Å². The number of hydrogen-bond acceptors (Lipinski definition) is 3. The summed E-state index contributed by atoms with van der Waals surface area (Å²) in [6, 6.07) is 7.24. The quantitative estimate of drug-likeness (QED) is 0.806. The molecule has 1 atom stereocenters. The molecule has 0 fully saturated rings. The fourth-order valence-corrected chi connectivity index (χ4v) is 1.29. The standard InChI is InChI=1S/C12H16ClNO2/c1-9(14)2-7-12(15)16-8-10-3-5-11(13)6-4-10/h3-6,9H,2,7-8,14H2,1H3. The average molecular weight is 242 g/mol. The van der Waals surface area contributed by atoms with Crippen molar-refractivity contribution in [2.24, 2.45) is 5.73 Å². The minimum Gasteiger partial charge on any atom is -0.461 e. The van der Waals surface area contributed by atoms with Crippen molar-refractivity contribution in [1.82, 2.24) is 0 Å². The lowest BCUT2D eigenvalue weighted by atomic mass is 10.2. The third-order valence-corrected chi connectivity index (χ3v) is 2.37. The maximum atomic E-state index is 11.3. The number of benzene rings is 1. The van der Waals surface area contributed by atoms with Crippen molar-refractivity contribution in [3.8, 4) is 0 Å². The second-order valence-corrected chi connectivity index (χ2v) is 4.24. The molecule has 1 unspecified atom stereocenters. The SMILES string of the molecule is CC(N)CCC(=O)OCc1ccc(Cl)cc1. The van der Waals surface area contributed by atoms with Gasteiger partial charge in [0.1, 0.15) is 6.61 Å². The number of nitrogens with two attached hydrogens (primary N) is 1. The Kier molecular flexibility index (Phi) is 5.29. The van der Waals surface area contributed by atoms with Crippen molar-refractivity contribution in [2.75, 3.05) is 0 Å². The molecule has 88 valence electrons. The van der Waals surface area contributed by atoms with Gasteiger partial charge in [-0.2, -0.15) is 0 Å². The van der Waals surface area contributed by atoms with Crippen molar-refractivity contribution < 1.29 is 9.53 Å². The average Bonchev–Trinajstić information content (AvgIpc) is 2.25.